The molecular weight excluding hydrogens is 567 g/mol. The number of ether oxygens (including phenoxy) is 6. The van der Waals surface area contributed by atoms with Gasteiger partial charge in [0.05, 0.1) is 14.2 Å². The van der Waals surface area contributed by atoms with Crippen molar-refractivity contribution in [1.29, 1.82) is 0 Å². The lowest BCUT2D eigenvalue weighted by atomic mass is 10.2. The maximum absolute atomic E-state index is 12.5. The highest BCUT2D eigenvalue weighted by Gasteiger charge is 2.22. The Morgan fingerprint density at radius 2 is 0.975 bits per heavy atom. The number of methoxy groups -OCH3 is 2. The minimum absolute atomic E-state index is 0.0560. The molecule has 9 nitrogen and oxygen atoms in total. The molecule has 0 saturated heterocycles. The highest BCUT2D eigenvalue weighted by Crippen LogP contribution is 2.31. The Morgan fingerprint density at radius 3 is 1.32 bits per heavy atom. The molecule has 0 spiro atoms. The van der Waals surface area contributed by atoms with Gasteiger partial charge in [0.25, 0.3) is 0 Å². The molecule has 0 aliphatic rings. The van der Waals surface area contributed by atoms with Crippen LogP contribution < -0.4 is 18.9 Å². The quantitative estimate of drug-likeness (QED) is 0.0652. The van der Waals surface area contributed by atoms with E-state index in [-0.39, 0.29) is 26.8 Å². The predicted octanol–water partition coefficient (Wildman–Crippen LogP) is 7.48. The average Bonchev–Trinajstić information content (AvgIpc) is 2.88. The summed E-state index contributed by atoms with van der Waals surface area (Å²) in [6, 6.07) is 12.8. The molecule has 224 valence electrons. The fourth-order valence-electron chi connectivity index (χ4n) is 3.22. The van der Waals surface area contributed by atoms with Gasteiger partial charge in [0.15, 0.2) is 13.6 Å². The van der Waals surface area contributed by atoms with Crippen LogP contribution in [0.25, 0.3) is 0 Å². The van der Waals surface area contributed by atoms with Gasteiger partial charge in [-0.3, -0.25) is 0 Å². The van der Waals surface area contributed by atoms with Crippen molar-refractivity contribution in [2.24, 2.45) is 0 Å². The molecule has 0 bridgehead atoms. The van der Waals surface area contributed by atoms with E-state index in [9.17, 15) is 4.57 Å². The fraction of sp³-hybridized carbons (Fsp3) is 0.571. The van der Waals surface area contributed by atoms with Crippen LogP contribution in [-0.2, 0) is 36.3 Å². The monoisotopic (exact) mass is 613 g/mol. The van der Waals surface area contributed by atoms with E-state index in [2.05, 4.69) is 39.3 Å². The average molecular weight is 614 g/mol. The maximum Gasteiger partial charge on any atom is 0.698 e. The molecule has 2 aromatic rings. The number of benzene rings is 2. The van der Waals surface area contributed by atoms with Crippen LogP contribution in [0.4, 0.5) is 0 Å². The molecule has 0 aliphatic carbocycles. The SMILES string of the molecule is COc1cc(CO[P+](=O)OCc2cc(OC)cc(OCOCC[Si](C)(C)C)c2)cc(OCOCC[Si](C)(C)C)c1. The van der Waals surface area contributed by atoms with E-state index < -0.39 is 24.4 Å². The number of hydrogen-bond donors (Lipinski definition) is 0. The largest absolute Gasteiger partial charge is 0.698 e. The van der Waals surface area contributed by atoms with Crippen molar-refractivity contribution in [1.82, 2.24) is 0 Å². The van der Waals surface area contributed by atoms with Gasteiger partial charge in [0.1, 0.15) is 36.2 Å². The molecule has 2 rings (SSSR count). The summed E-state index contributed by atoms with van der Waals surface area (Å²) in [6.07, 6.45) is 0. The van der Waals surface area contributed by atoms with Crippen LogP contribution in [0.3, 0.4) is 0 Å². The summed E-state index contributed by atoms with van der Waals surface area (Å²) < 4.78 is 56.8. The van der Waals surface area contributed by atoms with Crippen LogP contribution in [0.1, 0.15) is 11.1 Å². The second-order valence-corrected chi connectivity index (χ2v) is 24.0. The lowest BCUT2D eigenvalue weighted by Gasteiger charge is -2.15. The zero-order valence-electron chi connectivity index (χ0n) is 25.2. The Kier molecular flexibility index (Phi) is 14.6. The Balaban J connectivity index is 1.84. The van der Waals surface area contributed by atoms with Crippen LogP contribution in [0.5, 0.6) is 23.0 Å². The molecule has 0 N–H and O–H groups in total. The number of rotatable bonds is 20. The summed E-state index contributed by atoms with van der Waals surface area (Å²) >= 11 is 0. The van der Waals surface area contributed by atoms with Crippen LogP contribution in [0, 0.1) is 0 Å². The molecule has 0 saturated carbocycles. The third kappa shape index (κ3) is 15.1. The van der Waals surface area contributed by atoms with Gasteiger partial charge in [0, 0.05) is 46.1 Å². The van der Waals surface area contributed by atoms with E-state index in [1.165, 1.54) is 0 Å². The normalized spacial score (nSPS) is 11.8. The predicted molar refractivity (Wildman–Crippen MR) is 162 cm³/mol. The minimum Gasteiger partial charge on any atom is -0.497 e. The Morgan fingerprint density at radius 1 is 0.600 bits per heavy atom. The third-order valence-corrected chi connectivity index (χ3v) is 9.72. The van der Waals surface area contributed by atoms with Crippen LogP contribution in [0.2, 0.25) is 51.4 Å². The first-order valence-corrected chi connectivity index (χ1v) is 21.9. The molecular formula is C28H46O9PSi2+. The summed E-state index contributed by atoms with van der Waals surface area (Å²) in [6.45, 7) is 15.5. The highest BCUT2D eigenvalue weighted by molar-refractivity contribution is 7.33. The topological polar surface area (TPSA) is 90.9 Å². The number of hydrogen-bond acceptors (Lipinski definition) is 9. The van der Waals surface area contributed by atoms with Crippen molar-refractivity contribution in [2.75, 3.05) is 41.0 Å². The van der Waals surface area contributed by atoms with Crippen molar-refractivity contribution in [2.45, 2.75) is 64.6 Å². The summed E-state index contributed by atoms with van der Waals surface area (Å²) in [5.41, 5.74) is 1.46. The Labute approximate surface area is 242 Å². The lowest BCUT2D eigenvalue weighted by Crippen LogP contribution is -2.22. The first-order chi connectivity index (χ1) is 18.9. The van der Waals surface area contributed by atoms with E-state index >= 15 is 0 Å². The summed E-state index contributed by atoms with van der Waals surface area (Å²) in [7, 11) is -1.55. The summed E-state index contributed by atoms with van der Waals surface area (Å²) in [4.78, 5) is 0. The van der Waals surface area contributed by atoms with E-state index in [1.54, 1.807) is 50.6 Å². The maximum atomic E-state index is 12.5. The van der Waals surface area contributed by atoms with E-state index in [1.807, 2.05) is 0 Å². The first kappa shape index (κ1) is 34.2. The molecule has 0 unspecified atom stereocenters. The molecule has 0 atom stereocenters. The standard InChI is InChI=1S/C28H46O9PSi2/c1-30-25-13-23(15-27(17-25)34-21-32-9-11-39(3,4)5)19-36-38(29)37-20-24-14-26(31-2)18-28(16-24)35-22-33-10-12-40(6,7)8/h13-18H,9-12,19-22H2,1-8H3/q+1. The van der Waals surface area contributed by atoms with Gasteiger partial charge in [-0.15, -0.1) is 9.05 Å². The van der Waals surface area contributed by atoms with Gasteiger partial charge in [-0.05, 0) is 47.5 Å². The van der Waals surface area contributed by atoms with Crippen molar-refractivity contribution in [3.8, 4) is 23.0 Å². The molecule has 0 aromatic heterocycles. The van der Waals surface area contributed by atoms with Gasteiger partial charge in [-0.25, -0.2) is 0 Å². The van der Waals surface area contributed by atoms with Crippen LogP contribution >= 0.6 is 8.25 Å². The lowest BCUT2D eigenvalue weighted by molar-refractivity contribution is 0.0216. The third-order valence-electron chi connectivity index (χ3n) is 5.63. The summed E-state index contributed by atoms with van der Waals surface area (Å²) in [5, 5.41) is 0. The molecule has 12 heteroatoms. The van der Waals surface area contributed by atoms with Gasteiger partial charge >= 0.3 is 8.25 Å². The highest BCUT2D eigenvalue weighted by atomic mass is 31.1. The van der Waals surface area contributed by atoms with Crippen LogP contribution in [0.15, 0.2) is 36.4 Å². The van der Waals surface area contributed by atoms with Crippen molar-refractivity contribution >= 4 is 24.4 Å². The molecule has 0 aliphatic heterocycles. The van der Waals surface area contributed by atoms with E-state index in [4.69, 9.17) is 37.5 Å². The zero-order chi connectivity index (χ0) is 29.6. The van der Waals surface area contributed by atoms with Crippen LogP contribution in [-0.4, -0.2) is 57.2 Å². The van der Waals surface area contributed by atoms with E-state index in [0.717, 1.165) is 23.2 Å². The van der Waals surface area contributed by atoms with Gasteiger partial charge < -0.3 is 28.4 Å². The molecule has 2 aromatic carbocycles. The summed E-state index contributed by atoms with van der Waals surface area (Å²) in [5.74, 6) is 2.36. The second-order valence-electron chi connectivity index (χ2n) is 11.8. The Hall–Kier alpha value is -1.99. The second kappa shape index (κ2) is 17.1. The first-order valence-electron chi connectivity index (χ1n) is 13.4. The van der Waals surface area contributed by atoms with Crippen molar-refractivity contribution < 1.29 is 42.0 Å². The fourth-order valence-corrected chi connectivity index (χ4v) is 5.31. The van der Waals surface area contributed by atoms with Crippen molar-refractivity contribution in [3.63, 3.8) is 0 Å². The van der Waals surface area contributed by atoms with Gasteiger partial charge in [0.2, 0.25) is 0 Å². The van der Waals surface area contributed by atoms with E-state index in [0.29, 0.717) is 36.2 Å². The molecule has 0 heterocycles. The smallest absolute Gasteiger partial charge is 0.497 e. The molecule has 0 amide bonds. The van der Waals surface area contributed by atoms with Crippen molar-refractivity contribution in [3.05, 3.63) is 47.5 Å². The van der Waals surface area contributed by atoms with Gasteiger partial charge in [-0.2, -0.15) is 0 Å². The minimum atomic E-state index is -2.38. The molecule has 40 heavy (non-hydrogen) atoms. The van der Waals surface area contributed by atoms with Gasteiger partial charge in [-0.1, -0.05) is 39.3 Å². The zero-order valence-corrected chi connectivity index (χ0v) is 28.1. The molecule has 0 radical (unpaired) electrons. The molecule has 0 fully saturated rings. The Bertz CT molecular complexity index is 974.